The second-order valence-electron chi connectivity index (χ2n) is 3.25. The third kappa shape index (κ3) is 2.99. The molecule has 1 aromatic rings. The average Bonchev–Trinajstić information content (AvgIpc) is 2.29. The Labute approximate surface area is 90.5 Å². The van der Waals surface area contributed by atoms with Gasteiger partial charge in [0.05, 0.1) is 7.11 Å². The minimum Gasteiger partial charge on any atom is -0.493 e. The molecule has 1 aromatic carbocycles. The first-order valence-electron chi connectivity index (χ1n) is 4.87. The van der Waals surface area contributed by atoms with Gasteiger partial charge in [0, 0.05) is 6.54 Å². The molecule has 0 saturated heterocycles. The zero-order chi connectivity index (χ0) is 11.3. The third-order valence-electron chi connectivity index (χ3n) is 2.11. The Morgan fingerprint density at radius 1 is 1.47 bits per heavy atom. The van der Waals surface area contributed by atoms with Crippen molar-refractivity contribution in [3.63, 3.8) is 0 Å². The van der Waals surface area contributed by atoms with Crippen LogP contribution in [0.4, 0.5) is 0 Å². The van der Waals surface area contributed by atoms with Crippen LogP contribution in [0.1, 0.15) is 12.5 Å². The van der Waals surface area contributed by atoms with Gasteiger partial charge in [0.1, 0.15) is 6.10 Å². The van der Waals surface area contributed by atoms with E-state index in [0.29, 0.717) is 18.0 Å². The lowest BCUT2D eigenvalue weighted by Gasteiger charge is -2.14. The number of hydrogen-bond acceptors (Lipinski definition) is 3. The summed E-state index contributed by atoms with van der Waals surface area (Å²) in [6, 6.07) is 5.67. The molecule has 3 heteroatoms. The minimum absolute atomic E-state index is 0.0392. The Morgan fingerprint density at radius 2 is 2.20 bits per heavy atom. The highest BCUT2D eigenvalue weighted by Gasteiger charge is 2.07. The Hall–Kier alpha value is -1.48. The zero-order valence-corrected chi connectivity index (χ0v) is 9.19. The lowest BCUT2D eigenvalue weighted by atomic mass is 10.2. The van der Waals surface area contributed by atoms with Gasteiger partial charge in [0.2, 0.25) is 0 Å². The van der Waals surface area contributed by atoms with E-state index in [0.717, 1.165) is 5.56 Å². The van der Waals surface area contributed by atoms with E-state index in [-0.39, 0.29) is 6.10 Å². The second kappa shape index (κ2) is 5.41. The van der Waals surface area contributed by atoms with Gasteiger partial charge in [-0.05, 0) is 24.6 Å². The highest BCUT2D eigenvalue weighted by Crippen LogP contribution is 2.28. The lowest BCUT2D eigenvalue weighted by Crippen LogP contribution is -2.08. The zero-order valence-electron chi connectivity index (χ0n) is 9.19. The molecule has 0 fully saturated rings. The summed E-state index contributed by atoms with van der Waals surface area (Å²) in [5, 5.41) is 0. The molecule has 0 amide bonds. The van der Waals surface area contributed by atoms with E-state index in [1.54, 1.807) is 13.2 Å². The molecule has 0 aliphatic carbocycles. The molecule has 0 aromatic heterocycles. The minimum atomic E-state index is -0.0392. The van der Waals surface area contributed by atoms with Crippen molar-refractivity contribution in [2.45, 2.75) is 19.6 Å². The average molecular weight is 207 g/mol. The van der Waals surface area contributed by atoms with E-state index >= 15 is 0 Å². The predicted octanol–water partition coefficient (Wildman–Crippen LogP) is 2.11. The van der Waals surface area contributed by atoms with Gasteiger partial charge in [-0.3, -0.25) is 0 Å². The SMILES string of the molecule is C=CC(C)Oc1ccc(CN)cc1OC. The van der Waals surface area contributed by atoms with Gasteiger partial charge in [-0.25, -0.2) is 0 Å². The molecule has 2 N–H and O–H groups in total. The molecule has 0 heterocycles. The number of nitrogens with two attached hydrogens (primary N) is 1. The second-order valence-corrected chi connectivity index (χ2v) is 3.25. The quantitative estimate of drug-likeness (QED) is 0.752. The van der Waals surface area contributed by atoms with E-state index in [4.69, 9.17) is 15.2 Å². The van der Waals surface area contributed by atoms with Crippen LogP contribution in [0.3, 0.4) is 0 Å². The fraction of sp³-hybridized carbons (Fsp3) is 0.333. The van der Waals surface area contributed by atoms with Crippen molar-refractivity contribution in [2.75, 3.05) is 7.11 Å². The summed E-state index contributed by atoms with van der Waals surface area (Å²) < 4.78 is 10.8. The van der Waals surface area contributed by atoms with Gasteiger partial charge in [-0.2, -0.15) is 0 Å². The van der Waals surface area contributed by atoms with Crippen molar-refractivity contribution in [3.8, 4) is 11.5 Å². The maximum Gasteiger partial charge on any atom is 0.162 e. The van der Waals surface area contributed by atoms with Crippen LogP contribution in [0.5, 0.6) is 11.5 Å². The summed E-state index contributed by atoms with van der Waals surface area (Å²) >= 11 is 0. The molecule has 1 rings (SSSR count). The highest BCUT2D eigenvalue weighted by atomic mass is 16.5. The van der Waals surface area contributed by atoms with Crippen LogP contribution in [-0.2, 0) is 6.54 Å². The fourth-order valence-corrected chi connectivity index (χ4v) is 1.18. The molecule has 1 unspecified atom stereocenters. The molecule has 15 heavy (non-hydrogen) atoms. The first-order valence-corrected chi connectivity index (χ1v) is 4.87. The summed E-state index contributed by atoms with van der Waals surface area (Å²) in [4.78, 5) is 0. The van der Waals surface area contributed by atoms with Crippen LogP contribution in [0.2, 0.25) is 0 Å². The predicted molar refractivity (Wildman–Crippen MR) is 61.2 cm³/mol. The van der Waals surface area contributed by atoms with Crippen LogP contribution in [-0.4, -0.2) is 13.2 Å². The van der Waals surface area contributed by atoms with Crippen molar-refractivity contribution in [2.24, 2.45) is 5.73 Å². The van der Waals surface area contributed by atoms with Crippen LogP contribution >= 0.6 is 0 Å². The van der Waals surface area contributed by atoms with Crippen LogP contribution in [0.25, 0.3) is 0 Å². The van der Waals surface area contributed by atoms with Gasteiger partial charge in [-0.1, -0.05) is 18.7 Å². The first-order chi connectivity index (χ1) is 7.21. The largest absolute Gasteiger partial charge is 0.493 e. The molecule has 3 nitrogen and oxygen atoms in total. The van der Waals surface area contributed by atoms with Gasteiger partial charge < -0.3 is 15.2 Å². The van der Waals surface area contributed by atoms with Crippen molar-refractivity contribution in [1.82, 2.24) is 0 Å². The number of ether oxygens (including phenoxy) is 2. The summed E-state index contributed by atoms with van der Waals surface area (Å²) in [5.74, 6) is 1.41. The van der Waals surface area contributed by atoms with Crippen molar-refractivity contribution in [3.05, 3.63) is 36.4 Å². The maximum atomic E-state index is 5.60. The Bertz CT molecular complexity index is 336. The van der Waals surface area contributed by atoms with Crippen molar-refractivity contribution >= 4 is 0 Å². The van der Waals surface area contributed by atoms with Crippen LogP contribution in [0.15, 0.2) is 30.9 Å². The molecule has 82 valence electrons. The van der Waals surface area contributed by atoms with E-state index in [2.05, 4.69) is 6.58 Å². The molecular weight excluding hydrogens is 190 g/mol. The number of methoxy groups -OCH3 is 1. The van der Waals surface area contributed by atoms with Gasteiger partial charge >= 0.3 is 0 Å². The molecule has 0 saturated carbocycles. The summed E-state index contributed by atoms with van der Waals surface area (Å²) in [5.41, 5.74) is 6.56. The van der Waals surface area contributed by atoms with Crippen molar-refractivity contribution < 1.29 is 9.47 Å². The van der Waals surface area contributed by atoms with E-state index in [1.165, 1.54) is 0 Å². The molecule has 0 bridgehead atoms. The van der Waals surface area contributed by atoms with E-state index < -0.39 is 0 Å². The third-order valence-corrected chi connectivity index (χ3v) is 2.11. The normalized spacial score (nSPS) is 11.9. The Balaban J connectivity index is 2.91. The van der Waals surface area contributed by atoms with Crippen LogP contribution < -0.4 is 15.2 Å². The fourth-order valence-electron chi connectivity index (χ4n) is 1.18. The number of hydrogen-bond donors (Lipinski definition) is 1. The van der Waals surface area contributed by atoms with Crippen molar-refractivity contribution in [1.29, 1.82) is 0 Å². The maximum absolute atomic E-state index is 5.60. The Kier molecular flexibility index (Phi) is 4.18. The molecule has 0 spiro atoms. The van der Waals surface area contributed by atoms with Gasteiger partial charge in [-0.15, -0.1) is 0 Å². The van der Waals surface area contributed by atoms with Crippen LogP contribution in [0, 0.1) is 0 Å². The lowest BCUT2D eigenvalue weighted by molar-refractivity contribution is 0.254. The summed E-state index contributed by atoms with van der Waals surface area (Å²) in [6.45, 7) is 6.07. The number of benzene rings is 1. The van der Waals surface area contributed by atoms with E-state index in [9.17, 15) is 0 Å². The smallest absolute Gasteiger partial charge is 0.162 e. The summed E-state index contributed by atoms with van der Waals surface area (Å²) in [7, 11) is 1.61. The van der Waals surface area contributed by atoms with Gasteiger partial charge in [0.25, 0.3) is 0 Å². The standard InChI is InChI=1S/C12H17NO2/c1-4-9(2)15-11-6-5-10(8-13)7-12(11)14-3/h4-7,9H,1,8,13H2,2-3H3. The van der Waals surface area contributed by atoms with Gasteiger partial charge in [0.15, 0.2) is 11.5 Å². The first kappa shape index (κ1) is 11.6. The van der Waals surface area contributed by atoms with E-state index in [1.807, 2.05) is 25.1 Å². The number of rotatable bonds is 5. The Morgan fingerprint density at radius 3 is 2.73 bits per heavy atom. The monoisotopic (exact) mass is 207 g/mol. The molecule has 0 aliphatic heterocycles. The molecule has 0 radical (unpaired) electrons. The molecule has 0 aliphatic rings. The molecule has 1 atom stereocenters. The topological polar surface area (TPSA) is 44.5 Å². The summed E-state index contributed by atoms with van der Waals surface area (Å²) in [6.07, 6.45) is 1.69. The highest BCUT2D eigenvalue weighted by molar-refractivity contribution is 5.43. The molecular formula is C12H17NO2.